The van der Waals surface area contributed by atoms with Crippen molar-refractivity contribution in [3.63, 3.8) is 0 Å². The van der Waals surface area contributed by atoms with Gasteiger partial charge < -0.3 is 9.32 Å². The number of carbonyl (C=O) groups is 1. The number of amides is 1. The molecule has 1 aliphatic heterocycles. The van der Waals surface area contributed by atoms with Crippen LogP contribution in [0.3, 0.4) is 0 Å². The molecular formula is C14H15NO2S. The Bertz CT molecular complexity index is 545. The normalized spacial score (nSPS) is 19.9. The summed E-state index contributed by atoms with van der Waals surface area (Å²) in [7, 11) is 0. The number of benzene rings is 1. The third-order valence-corrected chi connectivity index (χ3v) is 4.34. The molecule has 1 fully saturated rings. The molecule has 1 saturated heterocycles. The van der Waals surface area contributed by atoms with Crippen molar-refractivity contribution < 1.29 is 9.21 Å². The third-order valence-electron chi connectivity index (χ3n) is 3.12. The largest absolute Gasteiger partial charge is 0.458 e. The lowest BCUT2D eigenvalue weighted by Gasteiger charge is -2.21. The number of hydrogen-bond acceptors (Lipinski definition) is 3. The fraction of sp³-hybridized carbons (Fsp3) is 0.357. The van der Waals surface area contributed by atoms with Gasteiger partial charge in [0.1, 0.15) is 16.7 Å². The lowest BCUT2D eigenvalue weighted by Crippen LogP contribution is -2.28. The lowest BCUT2D eigenvalue weighted by atomic mass is 10.2. The van der Waals surface area contributed by atoms with Crippen LogP contribution in [0.4, 0.5) is 0 Å². The van der Waals surface area contributed by atoms with Gasteiger partial charge in [0, 0.05) is 11.9 Å². The van der Waals surface area contributed by atoms with E-state index in [0.717, 1.165) is 29.7 Å². The molecule has 1 atom stereocenters. The molecule has 2 heterocycles. The van der Waals surface area contributed by atoms with Crippen molar-refractivity contribution in [2.24, 2.45) is 0 Å². The first-order valence-corrected chi connectivity index (χ1v) is 7.24. The highest BCUT2D eigenvalue weighted by molar-refractivity contribution is 8.00. The minimum absolute atomic E-state index is 0.0462. The molecule has 1 aliphatic rings. The average molecular weight is 261 g/mol. The standard InChI is InChI=1S/C14H15NO2S/c1-2-7-15-13(16)9-18-14(15)12-8-10-5-3-4-6-11(10)17-12/h3-6,8,14H,2,7,9H2,1H3. The summed E-state index contributed by atoms with van der Waals surface area (Å²) in [5, 5.41) is 1.15. The van der Waals surface area contributed by atoms with Crippen molar-refractivity contribution in [1.29, 1.82) is 0 Å². The van der Waals surface area contributed by atoms with Crippen molar-refractivity contribution in [3.8, 4) is 0 Å². The first-order chi connectivity index (χ1) is 8.79. The maximum absolute atomic E-state index is 11.8. The predicted molar refractivity (Wildman–Crippen MR) is 73.4 cm³/mol. The van der Waals surface area contributed by atoms with Crippen LogP contribution in [0, 0.1) is 0 Å². The van der Waals surface area contributed by atoms with Crippen LogP contribution in [0.1, 0.15) is 24.5 Å². The molecule has 18 heavy (non-hydrogen) atoms. The summed E-state index contributed by atoms with van der Waals surface area (Å²) in [5.41, 5.74) is 0.892. The van der Waals surface area contributed by atoms with Crippen LogP contribution in [-0.4, -0.2) is 23.1 Å². The van der Waals surface area contributed by atoms with E-state index < -0.39 is 0 Å². The number of nitrogens with zero attached hydrogens (tertiary/aromatic N) is 1. The first-order valence-electron chi connectivity index (χ1n) is 6.19. The Morgan fingerprint density at radius 3 is 3.06 bits per heavy atom. The third kappa shape index (κ3) is 1.90. The Hall–Kier alpha value is -1.42. The molecule has 3 rings (SSSR count). The highest BCUT2D eigenvalue weighted by Crippen LogP contribution is 2.40. The molecule has 3 nitrogen and oxygen atoms in total. The summed E-state index contributed by atoms with van der Waals surface area (Å²) in [6.45, 7) is 2.89. The monoisotopic (exact) mass is 261 g/mol. The van der Waals surface area contributed by atoms with Crippen LogP contribution in [-0.2, 0) is 4.79 Å². The highest BCUT2D eigenvalue weighted by Gasteiger charge is 2.34. The predicted octanol–water partition coefficient (Wildman–Crippen LogP) is 3.42. The summed E-state index contributed by atoms with van der Waals surface area (Å²) in [4.78, 5) is 13.7. The molecule has 2 aromatic rings. The zero-order chi connectivity index (χ0) is 12.5. The minimum atomic E-state index is 0.0462. The van der Waals surface area contributed by atoms with E-state index in [2.05, 4.69) is 6.92 Å². The van der Waals surface area contributed by atoms with Crippen molar-refractivity contribution in [1.82, 2.24) is 4.90 Å². The van der Waals surface area contributed by atoms with Crippen LogP contribution in [0.5, 0.6) is 0 Å². The lowest BCUT2D eigenvalue weighted by molar-refractivity contribution is -0.128. The van der Waals surface area contributed by atoms with Gasteiger partial charge in [-0.3, -0.25) is 4.79 Å². The highest BCUT2D eigenvalue weighted by atomic mass is 32.2. The van der Waals surface area contributed by atoms with Gasteiger partial charge in [0.25, 0.3) is 0 Å². The van der Waals surface area contributed by atoms with E-state index >= 15 is 0 Å². The Labute approximate surface area is 110 Å². The molecule has 0 radical (unpaired) electrons. The van der Waals surface area contributed by atoms with E-state index in [1.807, 2.05) is 35.2 Å². The van der Waals surface area contributed by atoms with Gasteiger partial charge >= 0.3 is 0 Å². The number of para-hydroxylation sites is 1. The summed E-state index contributed by atoms with van der Waals surface area (Å²) in [6, 6.07) is 10.0. The Balaban J connectivity index is 1.95. The smallest absolute Gasteiger partial charge is 0.233 e. The van der Waals surface area contributed by atoms with Gasteiger partial charge in [0.15, 0.2) is 0 Å². The van der Waals surface area contributed by atoms with Crippen molar-refractivity contribution in [2.45, 2.75) is 18.7 Å². The molecule has 1 aromatic heterocycles. The molecule has 1 aromatic carbocycles. The maximum Gasteiger partial charge on any atom is 0.233 e. The molecule has 0 saturated carbocycles. The summed E-state index contributed by atoms with van der Waals surface area (Å²) < 4.78 is 5.86. The fourth-order valence-corrected chi connectivity index (χ4v) is 3.45. The van der Waals surface area contributed by atoms with Crippen LogP contribution in [0.2, 0.25) is 0 Å². The van der Waals surface area contributed by atoms with Gasteiger partial charge in [-0.1, -0.05) is 25.1 Å². The quantitative estimate of drug-likeness (QED) is 0.849. The van der Waals surface area contributed by atoms with Gasteiger partial charge in [-0.15, -0.1) is 11.8 Å². The van der Waals surface area contributed by atoms with Crippen LogP contribution >= 0.6 is 11.8 Å². The second-order valence-electron chi connectivity index (χ2n) is 4.44. The van der Waals surface area contributed by atoms with Crippen LogP contribution < -0.4 is 0 Å². The number of fused-ring (bicyclic) bond motifs is 1. The van der Waals surface area contributed by atoms with Gasteiger partial charge in [-0.2, -0.15) is 0 Å². The van der Waals surface area contributed by atoms with Crippen molar-refractivity contribution in [3.05, 3.63) is 36.1 Å². The van der Waals surface area contributed by atoms with Gasteiger partial charge in [-0.25, -0.2) is 0 Å². The molecule has 1 unspecified atom stereocenters. The van der Waals surface area contributed by atoms with E-state index in [-0.39, 0.29) is 11.3 Å². The zero-order valence-corrected chi connectivity index (χ0v) is 11.1. The van der Waals surface area contributed by atoms with E-state index in [9.17, 15) is 4.79 Å². The number of thioether (sulfide) groups is 1. The van der Waals surface area contributed by atoms with E-state index in [0.29, 0.717) is 5.75 Å². The van der Waals surface area contributed by atoms with Crippen molar-refractivity contribution >= 4 is 28.6 Å². The van der Waals surface area contributed by atoms with Crippen LogP contribution in [0.25, 0.3) is 11.0 Å². The Kier molecular flexibility index (Phi) is 3.04. The first kappa shape index (κ1) is 11.7. The molecule has 94 valence electrons. The molecule has 0 aliphatic carbocycles. The topological polar surface area (TPSA) is 33.5 Å². The molecule has 0 spiro atoms. The second-order valence-corrected chi connectivity index (χ2v) is 5.51. The van der Waals surface area contributed by atoms with Crippen molar-refractivity contribution in [2.75, 3.05) is 12.3 Å². The molecule has 0 N–H and O–H groups in total. The van der Waals surface area contributed by atoms with Gasteiger partial charge in [-0.05, 0) is 18.6 Å². The minimum Gasteiger partial charge on any atom is -0.458 e. The number of furan rings is 1. The average Bonchev–Trinajstić information content (AvgIpc) is 2.94. The molecular weight excluding hydrogens is 246 g/mol. The summed E-state index contributed by atoms with van der Waals surface area (Å²) in [6.07, 6.45) is 0.975. The fourth-order valence-electron chi connectivity index (χ4n) is 2.30. The van der Waals surface area contributed by atoms with Crippen LogP contribution in [0.15, 0.2) is 34.7 Å². The molecule has 4 heteroatoms. The second kappa shape index (κ2) is 4.69. The van der Waals surface area contributed by atoms with E-state index in [4.69, 9.17) is 4.42 Å². The number of carbonyl (C=O) groups excluding carboxylic acids is 1. The van der Waals surface area contributed by atoms with E-state index in [1.165, 1.54) is 0 Å². The Morgan fingerprint density at radius 2 is 2.28 bits per heavy atom. The van der Waals surface area contributed by atoms with E-state index in [1.54, 1.807) is 11.8 Å². The zero-order valence-electron chi connectivity index (χ0n) is 10.3. The number of hydrogen-bond donors (Lipinski definition) is 0. The van der Waals surface area contributed by atoms with Gasteiger partial charge in [0.2, 0.25) is 5.91 Å². The molecule has 1 amide bonds. The maximum atomic E-state index is 11.8. The number of rotatable bonds is 3. The summed E-state index contributed by atoms with van der Waals surface area (Å²) in [5.74, 6) is 1.66. The summed E-state index contributed by atoms with van der Waals surface area (Å²) >= 11 is 1.65. The Morgan fingerprint density at radius 1 is 1.44 bits per heavy atom. The molecule has 0 bridgehead atoms. The van der Waals surface area contributed by atoms with Gasteiger partial charge in [0.05, 0.1) is 5.75 Å². The SMILES string of the molecule is CCCN1C(=O)CSC1c1cc2ccccc2o1.